The number of nitrogens with one attached hydrogen (secondary N) is 3. The van der Waals surface area contributed by atoms with E-state index >= 15 is 0 Å². The number of halogens is 1. The molecule has 0 fully saturated rings. The minimum absolute atomic E-state index is 0.0121. The highest BCUT2D eigenvalue weighted by molar-refractivity contribution is 8.00. The van der Waals surface area contributed by atoms with E-state index in [1.54, 1.807) is 66.7 Å². The molecule has 7 nitrogen and oxygen atoms in total. The SMILES string of the molecule is O=C(Nc1cccc(SC(C(=O)Nc2nc(-c3ccc4ccccc4c3)cs2)c2ccccc2)c1)/C(=C\c1ccccc1Cl)NC(=O)c1ccccc1. The van der Waals surface area contributed by atoms with E-state index in [0.717, 1.165) is 32.5 Å². The molecule has 3 N–H and O–H groups in total. The maximum absolute atomic E-state index is 13.9. The number of anilines is 2. The van der Waals surface area contributed by atoms with Crippen LogP contribution in [0.4, 0.5) is 10.8 Å². The summed E-state index contributed by atoms with van der Waals surface area (Å²) in [7, 11) is 0. The number of carbonyl (C=O) groups excluding carboxylic acids is 3. The second kappa shape index (κ2) is 16.6. The first-order valence-corrected chi connectivity index (χ1v) is 18.7. The Balaban J connectivity index is 1.10. The molecule has 0 bridgehead atoms. The Morgan fingerprint density at radius 2 is 1.43 bits per heavy atom. The van der Waals surface area contributed by atoms with Gasteiger partial charge < -0.3 is 16.0 Å². The van der Waals surface area contributed by atoms with Gasteiger partial charge in [0.2, 0.25) is 5.91 Å². The third kappa shape index (κ3) is 8.91. The lowest BCUT2D eigenvalue weighted by atomic mass is 10.1. The Morgan fingerprint density at radius 1 is 0.717 bits per heavy atom. The van der Waals surface area contributed by atoms with Crippen LogP contribution < -0.4 is 16.0 Å². The number of thiazole rings is 1. The van der Waals surface area contributed by atoms with Crippen LogP contribution in [0.2, 0.25) is 5.02 Å². The summed E-state index contributed by atoms with van der Waals surface area (Å²) in [6.07, 6.45) is 1.54. The summed E-state index contributed by atoms with van der Waals surface area (Å²) in [6, 6.07) is 46.8. The van der Waals surface area contributed by atoms with Crippen molar-refractivity contribution in [1.29, 1.82) is 0 Å². The number of thioether (sulfide) groups is 1. The van der Waals surface area contributed by atoms with Crippen LogP contribution >= 0.6 is 34.7 Å². The highest BCUT2D eigenvalue weighted by atomic mass is 35.5. The van der Waals surface area contributed by atoms with Crippen molar-refractivity contribution in [3.8, 4) is 11.3 Å². The molecule has 53 heavy (non-hydrogen) atoms. The van der Waals surface area contributed by atoms with Gasteiger partial charge in [0.25, 0.3) is 11.8 Å². The molecule has 3 amide bonds. The Kier molecular flexibility index (Phi) is 11.1. The number of benzene rings is 6. The fourth-order valence-corrected chi connectivity index (χ4v) is 7.55. The number of fused-ring (bicyclic) bond motifs is 1. The van der Waals surface area contributed by atoms with Crippen LogP contribution in [0.3, 0.4) is 0 Å². The van der Waals surface area contributed by atoms with Crippen LogP contribution in [0.5, 0.6) is 0 Å². The third-order valence-corrected chi connectivity index (χ3v) is 10.5. The van der Waals surface area contributed by atoms with Crippen molar-refractivity contribution in [3.05, 3.63) is 184 Å². The molecule has 1 aromatic heterocycles. The van der Waals surface area contributed by atoms with Crippen LogP contribution in [0.1, 0.15) is 26.7 Å². The van der Waals surface area contributed by atoms with Gasteiger partial charge in [-0.3, -0.25) is 14.4 Å². The van der Waals surface area contributed by atoms with E-state index in [-0.39, 0.29) is 11.6 Å². The molecule has 6 aromatic carbocycles. The van der Waals surface area contributed by atoms with Crippen molar-refractivity contribution in [3.63, 3.8) is 0 Å². The molecule has 0 saturated carbocycles. The van der Waals surface area contributed by atoms with Crippen LogP contribution in [0, 0.1) is 0 Å². The number of rotatable bonds is 11. The average molecular weight is 751 g/mol. The van der Waals surface area contributed by atoms with Crippen LogP contribution in [-0.2, 0) is 9.59 Å². The normalized spacial score (nSPS) is 11.8. The van der Waals surface area contributed by atoms with Gasteiger partial charge in [0.1, 0.15) is 10.9 Å². The molecule has 1 atom stereocenters. The van der Waals surface area contributed by atoms with Gasteiger partial charge in [-0.25, -0.2) is 4.98 Å². The summed E-state index contributed by atoms with van der Waals surface area (Å²) in [4.78, 5) is 46.2. The Labute approximate surface area is 319 Å². The number of nitrogens with zero attached hydrogens (tertiary/aromatic N) is 1. The van der Waals surface area contributed by atoms with Gasteiger partial charge in [-0.1, -0.05) is 121 Å². The quantitative estimate of drug-likeness (QED) is 0.0903. The summed E-state index contributed by atoms with van der Waals surface area (Å²) in [6.45, 7) is 0. The van der Waals surface area contributed by atoms with Gasteiger partial charge in [-0.15, -0.1) is 23.1 Å². The summed E-state index contributed by atoms with van der Waals surface area (Å²) in [5.74, 6) is -1.21. The maximum Gasteiger partial charge on any atom is 0.272 e. The Bertz CT molecular complexity index is 2450. The first kappa shape index (κ1) is 35.4. The smallest absolute Gasteiger partial charge is 0.272 e. The predicted octanol–water partition coefficient (Wildman–Crippen LogP) is 10.5. The second-order valence-electron chi connectivity index (χ2n) is 11.9. The lowest BCUT2D eigenvalue weighted by molar-refractivity contribution is -0.116. The van der Waals surface area contributed by atoms with Crippen LogP contribution in [-0.4, -0.2) is 22.7 Å². The van der Waals surface area contributed by atoms with Gasteiger partial charge in [0.15, 0.2) is 5.13 Å². The molecule has 7 rings (SSSR count). The first-order valence-electron chi connectivity index (χ1n) is 16.6. The minimum atomic E-state index is -0.629. The van der Waals surface area contributed by atoms with Crippen molar-refractivity contribution >= 4 is 80.1 Å². The molecule has 0 aliphatic rings. The molecule has 10 heteroatoms. The number of aromatic nitrogens is 1. The van der Waals surface area contributed by atoms with E-state index in [1.807, 2.05) is 66.0 Å². The topological polar surface area (TPSA) is 100 Å². The van der Waals surface area contributed by atoms with Gasteiger partial charge in [-0.05, 0) is 70.4 Å². The Hall–Kier alpha value is -6.00. The summed E-state index contributed by atoms with van der Waals surface area (Å²) in [5, 5.41) is 13.2. The molecule has 1 heterocycles. The van der Waals surface area contributed by atoms with Crippen molar-refractivity contribution < 1.29 is 14.4 Å². The van der Waals surface area contributed by atoms with Gasteiger partial charge in [-0.2, -0.15) is 0 Å². The zero-order valence-corrected chi connectivity index (χ0v) is 30.4. The number of hydrogen-bond acceptors (Lipinski definition) is 6. The van der Waals surface area contributed by atoms with Gasteiger partial charge >= 0.3 is 0 Å². The standard InChI is InChI=1S/C43H31ClN4O3S2/c44-36-21-10-9-18-32(36)25-37(46-40(49)30-15-5-2-6-16-30)41(50)45-34-19-11-20-35(26-34)53-39(29-13-3-1-4-14-29)42(51)48-43-47-38(27-52-43)33-23-22-28-12-7-8-17-31(28)24-33/h1-27,39H,(H,45,50)(H,46,49)(H,47,48,51)/b37-25+. The highest BCUT2D eigenvalue weighted by Crippen LogP contribution is 2.38. The molecule has 0 spiro atoms. The molecule has 0 saturated heterocycles. The summed E-state index contributed by atoms with van der Waals surface area (Å²) >= 11 is 9.12. The molecular formula is C43H31ClN4O3S2. The fraction of sp³-hybridized carbons (Fsp3) is 0.0233. The zero-order valence-electron chi connectivity index (χ0n) is 28.0. The second-order valence-corrected chi connectivity index (χ2v) is 14.3. The Morgan fingerprint density at radius 3 is 2.23 bits per heavy atom. The van der Waals surface area contributed by atoms with Gasteiger partial charge in [0, 0.05) is 32.1 Å². The molecule has 7 aromatic rings. The summed E-state index contributed by atoms with van der Waals surface area (Å²) in [5.41, 5.74) is 4.02. The zero-order chi connectivity index (χ0) is 36.6. The molecule has 260 valence electrons. The van der Waals surface area contributed by atoms with E-state index in [2.05, 4.69) is 40.2 Å². The lowest BCUT2D eigenvalue weighted by Crippen LogP contribution is -2.30. The summed E-state index contributed by atoms with van der Waals surface area (Å²) < 4.78 is 0. The first-order chi connectivity index (χ1) is 25.9. The molecule has 1 unspecified atom stereocenters. The van der Waals surface area contributed by atoms with E-state index in [4.69, 9.17) is 16.6 Å². The molecule has 0 radical (unpaired) electrons. The number of amides is 3. The molecule has 0 aliphatic carbocycles. The highest BCUT2D eigenvalue weighted by Gasteiger charge is 2.24. The average Bonchev–Trinajstić information content (AvgIpc) is 3.66. The number of carbonyl (C=O) groups is 3. The fourth-order valence-electron chi connectivity index (χ4n) is 5.56. The van der Waals surface area contributed by atoms with E-state index in [0.29, 0.717) is 27.0 Å². The predicted molar refractivity (Wildman–Crippen MR) is 217 cm³/mol. The molecular weight excluding hydrogens is 720 g/mol. The maximum atomic E-state index is 13.9. The number of hydrogen-bond donors (Lipinski definition) is 3. The van der Waals surface area contributed by atoms with Crippen molar-refractivity contribution in [2.75, 3.05) is 10.6 Å². The van der Waals surface area contributed by atoms with Crippen molar-refractivity contribution in [1.82, 2.24) is 10.3 Å². The lowest BCUT2D eigenvalue weighted by Gasteiger charge is -2.17. The van der Waals surface area contributed by atoms with E-state index in [9.17, 15) is 14.4 Å². The third-order valence-electron chi connectivity index (χ3n) is 8.20. The monoisotopic (exact) mass is 750 g/mol. The minimum Gasteiger partial charge on any atom is -0.321 e. The van der Waals surface area contributed by atoms with E-state index < -0.39 is 17.1 Å². The van der Waals surface area contributed by atoms with Crippen LogP contribution in [0.15, 0.2) is 168 Å². The van der Waals surface area contributed by atoms with Gasteiger partial charge in [0.05, 0.1) is 5.69 Å². The van der Waals surface area contributed by atoms with Crippen LogP contribution in [0.25, 0.3) is 28.1 Å². The van der Waals surface area contributed by atoms with Crippen molar-refractivity contribution in [2.45, 2.75) is 10.1 Å². The largest absolute Gasteiger partial charge is 0.321 e. The van der Waals surface area contributed by atoms with E-state index in [1.165, 1.54) is 29.2 Å². The van der Waals surface area contributed by atoms with Crippen molar-refractivity contribution in [2.24, 2.45) is 0 Å². The molecule has 0 aliphatic heterocycles.